The first-order chi connectivity index (χ1) is 25.2. The highest BCUT2D eigenvalue weighted by Crippen LogP contribution is 2.76. The van der Waals surface area contributed by atoms with Gasteiger partial charge in [0.05, 0.1) is 29.6 Å². The van der Waals surface area contributed by atoms with Crippen LogP contribution < -0.4 is 0 Å². The molecule has 2 heterocycles. The summed E-state index contributed by atoms with van der Waals surface area (Å²) in [7, 11) is 0. The van der Waals surface area contributed by atoms with Crippen LogP contribution in [0.2, 0.25) is 0 Å². The van der Waals surface area contributed by atoms with E-state index in [1.54, 1.807) is 6.92 Å². The molecule has 0 aromatic rings. The number of aliphatic hydroxyl groups is 5. The molecule has 306 valence electrons. The molecule has 0 bridgehead atoms. The zero-order chi connectivity index (χ0) is 39.5. The third-order valence-electron chi connectivity index (χ3n) is 17.0. The number of rotatable bonds is 6. The molecule has 13 nitrogen and oxygen atoms in total. The van der Waals surface area contributed by atoms with Gasteiger partial charge in [0, 0.05) is 0 Å². The lowest BCUT2D eigenvalue weighted by molar-refractivity contribution is -0.358. The molecule has 0 spiro atoms. The molecule has 4 saturated carbocycles. The van der Waals surface area contributed by atoms with E-state index in [4.69, 9.17) is 18.9 Å². The van der Waals surface area contributed by atoms with Crippen LogP contribution in [-0.4, -0.2) is 116 Å². The molecular formula is C41H64O13. The van der Waals surface area contributed by atoms with E-state index in [2.05, 4.69) is 47.6 Å². The maximum atomic E-state index is 13.9. The summed E-state index contributed by atoms with van der Waals surface area (Å²) in [6.07, 6.45) is -4.46. The first-order valence-electron chi connectivity index (χ1n) is 20.3. The minimum atomic E-state index is -1.61. The Labute approximate surface area is 318 Å². The van der Waals surface area contributed by atoms with E-state index in [0.29, 0.717) is 44.4 Å². The number of carboxylic acids is 2. The normalized spacial score (nSPS) is 54.2. The van der Waals surface area contributed by atoms with Gasteiger partial charge >= 0.3 is 11.9 Å². The predicted octanol–water partition coefficient (Wildman–Crippen LogP) is 3.47. The molecule has 7 N–H and O–H groups in total. The molecule has 2 aliphatic heterocycles. The number of hydrogen-bond donors (Lipinski definition) is 7. The summed E-state index contributed by atoms with van der Waals surface area (Å²) in [5.41, 5.74) is -2.49. The Bertz CT molecular complexity index is 1500. The number of ether oxygens (including phenoxy) is 4. The largest absolute Gasteiger partial charge is 0.481 e. The van der Waals surface area contributed by atoms with E-state index in [1.807, 2.05) is 0 Å². The van der Waals surface area contributed by atoms with Gasteiger partial charge in [-0.15, -0.1) is 0 Å². The Hall–Kier alpha value is -1.68. The summed E-state index contributed by atoms with van der Waals surface area (Å²) in [4.78, 5) is 27.0. The molecule has 0 aromatic heterocycles. The van der Waals surface area contributed by atoms with E-state index >= 15 is 0 Å². The third-order valence-corrected chi connectivity index (χ3v) is 17.0. The van der Waals surface area contributed by atoms with Crippen molar-refractivity contribution in [2.75, 3.05) is 6.61 Å². The van der Waals surface area contributed by atoms with Gasteiger partial charge in [-0.3, -0.25) is 9.59 Å². The zero-order valence-electron chi connectivity index (χ0n) is 32.9. The van der Waals surface area contributed by atoms with Crippen molar-refractivity contribution >= 4 is 11.9 Å². The monoisotopic (exact) mass is 764 g/mol. The molecule has 2 saturated heterocycles. The lowest BCUT2D eigenvalue weighted by atomic mass is 9.33. The molecule has 5 aliphatic carbocycles. The van der Waals surface area contributed by atoms with Crippen LogP contribution in [0.4, 0.5) is 0 Å². The Kier molecular flexibility index (Phi) is 10.3. The van der Waals surface area contributed by atoms with E-state index in [9.17, 15) is 45.3 Å². The number of fused-ring (bicyclic) bond motifs is 7. The van der Waals surface area contributed by atoms with E-state index in [0.717, 1.165) is 24.8 Å². The fraction of sp³-hybridized carbons (Fsp3) is 0.902. The molecular weight excluding hydrogens is 700 g/mol. The number of aliphatic hydroxyl groups excluding tert-OH is 5. The van der Waals surface area contributed by atoms with Crippen molar-refractivity contribution < 1.29 is 64.3 Å². The van der Waals surface area contributed by atoms with Gasteiger partial charge in [-0.25, -0.2) is 0 Å². The average molecular weight is 765 g/mol. The first kappa shape index (κ1) is 40.5. The van der Waals surface area contributed by atoms with Gasteiger partial charge in [0.1, 0.15) is 36.6 Å². The minimum Gasteiger partial charge on any atom is -0.481 e. The molecule has 7 rings (SSSR count). The fourth-order valence-electron chi connectivity index (χ4n) is 13.7. The molecule has 19 atom stereocenters. The summed E-state index contributed by atoms with van der Waals surface area (Å²) in [5.74, 6) is -1.39. The SMILES string of the molecule is C[C@H]1[C@H](C)CC[C@]2(C(=O)O)CC[C@]3(C(=O)O)C(=CC[C@H]4[C@@]5(C)CC[C@H](O[C@@H]6O[C@H](C)[C@@H](O)[C@H](O[C@@H]7OC[C@@H](O)[C@H](O)[C@H]7O)[C@H]6O)C(C)(C)[C@H]5CC[C@]43C)[C@@H]12. The summed E-state index contributed by atoms with van der Waals surface area (Å²) < 4.78 is 23.9. The Balaban J connectivity index is 1.15. The van der Waals surface area contributed by atoms with E-state index in [1.165, 1.54) is 0 Å². The van der Waals surface area contributed by atoms with Crippen molar-refractivity contribution in [2.24, 2.45) is 56.7 Å². The molecule has 13 heteroatoms. The van der Waals surface area contributed by atoms with E-state index < -0.39 is 88.9 Å². The minimum absolute atomic E-state index is 0.0396. The highest BCUT2D eigenvalue weighted by atomic mass is 16.7. The standard InChI is InChI=1S/C41H64O13/c1-19-10-15-40(35(47)48)16-17-41(36(49)50)22(27(40)20(19)2)8-9-25-38(6)13-12-26(37(4,5)24(38)11-14-39(25,41)7)53-34-31(46)32(28(43)21(3)52-34)54-33-30(45)29(44)23(42)18-51-33/h8,19-21,23-34,42-46H,9-18H2,1-7H3,(H,47,48)(H,49,50)/t19-,20+,21-,23-,24-,25+,26+,27-,28-,29+,30-,31-,32+,33+,34+,38+,39-,40+,41-/m1/s1. The van der Waals surface area contributed by atoms with Crippen LogP contribution in [0.25, 0.3) is 0 Å². The van der Waals surface area contributed by atoms with Crippen molar-refractivity contribution in [3.05, 3.63) is 11.6 Å². The Morgan fingerprint density at radius 3 is 2.13 bits per heavy atom. The third kappa shape index (κ3) is 5.56. The molecule has 0 aromatic carbocycles. The highest BCUT2D eigenvalue weighted by Gasteiger charge is 2.73. The van der Waals surface area contributed by atoms with Gasteiger partial charge in [0.2, 0.25) is 0 Å². The summed E-state index contributed by atoms with van der Waals surface area (Å²) in [6.45, 7) is 14.5. The van der Waals surface area contributed by atoms with Crippen LogP contribution in [0.3, 0.4) is 0 Å². The van der Waals surface area contributed by atoms with Gasteiger partial charge in [-0.2, -0.15) is 0 Å². The van der Waals surface area contributed by atoms with Crippen molar-refractivity contribution in [3.8, 4) is 0 Å². The van der Waals surface area contributed by atoms with Crippen molar-refractivity contribution in [3.63, 3.8) is 0 Å². The van der Waals surface area contributed by atoms with Gasteiger partial charge in [0.25, 0.3) is 0 Å². The molecule has 0 unspecified atom stereocenters. The van der Waals surface area contributed by atoms with E-state index in [-0.39, 0.29) is 41.8 Å². The molecule has 7 aliphatic rings. The summed E-state index contributed by atoms with van der Waals surface area (Å²) in [5, 5.41) is 75.1. The van der Waals surface area contributed by atoms with Crippen LogP contribution in [0.5, 0.6) is 0 Å². The number of carboxylic acid groups (broad SMARTS) is 2. The van der Waals surface area contributed by atoms with Crippen LogP contribution >= 0.6 is 0 Å². The van der Waals surface area contributed by atoms with Crippen LogP contribution in [0.15, 0.2) is 11.6 Å². The zero-order valence-corrected chi connectivity index (χ0v) is 32.9. The number of carbonyl (C=O) groups is 2. The van der Waals surface area contributed by atoms with Crippen LogP contribution in [0.1, 0.15) is 106 Å². The lowest BCUT2D eigenvalue weighted by Crippen LogP contribution is -2.68. The summed E-state index contributed by atoms with van der Waals surface area (Å²) >= 11 is 0. The topological polar surface area (TPSA) is 213 Å². The van der Waals surface area contributed by atoms with Crippen LogP contribution in [-0.2, 0) is 28.5 Å². The molecule has 6 fully saturated rings. The fourth-order valence-corrected chi connectivity index (χ4v) is 13.7. The van der Waals surface area contributed by atoms with Gasteiger partial charge in [-0.05, 0) is 111 Å². The number of allylic oxidation sites excluding steroid dienone is 1. The second-order valence-corrected chi connectivity index (χ2v) is 19.5. The smallest absolute Gasteiger partial charge is 0.314 e. The summed E-state index contributed by atoms with van der Waals surface area (Å²) in [6, 6.07) is 0. The Morgan fingerprint density at radius 2 is 1.46 bits per heavy atom. The van der Waals surface area contributed by atoms with Crippen molar-refractivity contribution in [2.45, 2.75) is 168 Å². The quantitative estimate of drug-likeness (QED) is 0.153. The van der Waals surface area contributed by atoms with Gasteiger partial charge in [-0.1, -0.05) is 53.2 Å². The van der Waals surface area contributed by atoms with Crippen LogP contribution in [0, 0.1) is 56.7 Å². The second kappa shape index (κ2) is 13.7. The molecule has 54 heavy (non-hydrogen) atoms. The first-order valence-corrected chi connectivity index (χ1v) is 20.3. The number of aliphatic carboxylic acids is 2. The maximum Gasteiger partial charge on any atom is 0.314 e. The van der Waals surface area contributed by atoms with Gasteiger partial charge in [0.15, 0.2) is 12.6 Å². The van der Waals surface area contributed by atoms with Crippen molar-refractivity contribution in [1.82, 2.24) is 0 Å². The lowest BCUT2D eigenvalue weighted by Gasteiger charge is -2.70. The highest BCUT2D eigenvalue weighted by molar-refractivity contribution is 5.84. The average Bonchev–Trinajstić information content (AvgIpc) is 3.10. The predicted molar refractivity (Wildman–Crippen MR) is 192 cm³/mol. The Morgan fingerprint density at radius 1 is 0.759 bits per heavy atom. The molecule has 0 amide bonds. The number of hydrogen-bond acceptors (Lipinski definition) is 11. The van der Waals surface area contributed by atoms with Crippen molar-refractivity contribution in [1.29, 1.82) is 0 Å². The van der Waals surface area contributed by atoms with Gasteiger partial charge < -0.3 is 54.7 Å². The maximum absolute atomic E-state index is 13.9. The molecule has 0 radical (unpaired) electrons. The second-order valence-electron chi connectivity index (χ2n) is 19.5.